The fourth-order valence-electron chi connectivity index (χ4n) is 3.63. The number of thioether (sulfide) groups is 1. The van der Waals surface area contributed by atoms with Crippen molar-refractivity contribution in [3.63, 3.8) is 0 Å². The molecule has 0 aliphatic carbocycles. The molecule has 1 aromatic carbocycles. The first-order valence-electron chi connectivity index (χ1n) is 9.72. The fraction of sp³-hybridized carbons (Fsp3) is 0.381. The Bertz CT molecular complexity index is 892. The van der Waals surface area contributed by atoms with E-state index in [0.29, 0.717) is 17.2 Å². The van der Waals surface area contributed by atoms with Gasteiger partial charge in [0.1, 0.15) is 4.32 Å². The molecule has 0 radical (unpaired) electrons. The third-order valence-electron chi connectivity index (χ3n) is 5.16. The van der Waals surface area contributed by atoms with E-state index in [0.717, 1.165) is 33.6 Å². The van der Waals surface area contributed by atoms with Crippen LogP contribution in [0.2, 0.25) is 5.02 Å². The smallest absolute Gasteiger partial charge is 0.253 e. The highest BCUT2D eigenvalue weighted by Crippen LogP contribution is 2.34. The molecule has 0 N–H and O–H groups in total. The molecular formula is C21H22ClN3OS3. The lowest BCUT2D eigenvalue weighted by Crippen LogP contribution is -2.34. The predicted octanol–water partition coefficient (Wildman–Crippen LogP) is 5.58. The lowest BCUT2D eigenvalue weighted by atomic mass is 10.0. The average molecular weight is 464 g/mol. The number of piperidine rings is 1. The molecule has 2 aliphatic rings. The van der Waals surface area contributed by atoms with Crippen LogP contribution < -0.4 is 0 Å². The number of hydrogen-bond acceptors (Lipinski definition) is 5. The van der Waals surface area contributed by atoms with Gasteiger partial charge < -0.3 is 4.90 Å². The molecular weight excluding hydrogens is 442 g/mol. The molecule has 1 amide bonds. The first-order chi connectivity index (χ1) is 14.1. The molecule has 0 saturated carbocycles. The number of rotatable bonds is 4. The number of carbonyl (C=O) groups excluding carboxylic acids is 1. The first-order valence-corrected chi connectivity index (χ1v) is 12.4. The van der Waals surface area contributed by atoms with Gasteiger partial charge in [0, 0.05) is 24.5 Å². The van der Waals surface area contributed by atoms with E-state index in [1.54, 1.807) is 16.3 Å². The zero-order chi connectivity index (χ0) is 20.2. The number of benzene rings is 1. The van der Waals surface area contributed by atoms with Gasteiger partial charge >= 0.3 is 0 Å². The largest absolute Gasteiger partial charge is 0.358 e. The molecule has 1 atom stereocenters. The number of nitrogens with zero attached hydrogens (tertiary/aromatic N) is 3. The van der Waals surface area contributed by atoms with Crippen LogP contribution in [0.15, 0.2) is 46.9 Å². The number of hydrogen-bond donors (Lipinski definition) is 0. The van der Waals surface area contributed by atoms with Gasteiger partial charge in [-0.25, -0.2) is 5.01 Å². The van der Waals surface area contributed by atoms with Crippen molar-refractivity contribution in [2.45, 2.75) is 31.7 Å². The minimum absolute atomic E-state index is 0.0131. The van der Waals surface area contributed by atoms with Crippen LogP contribution in [0.1, 0.15) is 42.2 Å². The highest BCUT2D eigenvalue weighted by atomic mass is 35.5. The molecule has 1 unspecified atom stereocenters. The molecule has 4 nitrogen and oxygen atoms in total. The molecule has 4 rings (SSSR count). The van der Waals surface area contributed by atoms with Crippen molar-refractivity contribution in [3.8, 4) is 0 Å². The van der Waals surface area contributed by atoms with E-state index in [1.807, 2.05) is 35.7 Å². The van der Waals surface area contributed by atoms with Crippen LogP contribution >= 0.6 is 46.9 Å². The van der Waals surface area contributed by atoms with Crippen molar-refractivity contribution >= 4 is 62.9 Å². The van der Waals surface area contributed by atoms with E-state index in [1.165, 1.54) is 31.0 Å². The van der Waals surface area contributed by atoms with Crippen LogP contribution in [0.5, 0.6) is 0 Å². The summed E-state index contributed by atoms with van der Waals surface area (Å²) < 4.78 is 0.822. The Kier molecular flexibility index (Phi) is 6.90. The second-order valence-corrected chi connectivity index (χ2v) is 10.1. The summed E-state index contributed by atoms with van der Waals surface area (Å²) in [5.74, 6) is 0.293. The lowest BCUT2D eigenvalue weighted by Gasteiger charge is -2.29. The third kappa shape index (κ3) is 5.02. The highest BCUT2D eigenvalue weighted by molar-refractivity contribution is 8.23. The van der Waals surface area contributed by atoms with Crippen molar-refractivity contribution in [2.75, 3.05) is 18.8 Å². The van der Waals surface area contributed by atoms with Crippen LogP contribution in [-0.2, 0) is 4.79 Å². The van der Waals surface area contributed by atoms with E-state index >= 15 is 0 Å². The summed E-state index contributed by atoms with van der Waals surface area (Å²) >= 11 is 14.7. The van der Waals surface area contributed by atoms with Crippen LogP contribution in [0, 0.1) is 0 Å². The SMILES string of the molecule is O=C(CSC(=S)N1CCCCC1)N1N=C(c2cccs2)CC1c1ccc(Cl)cc1. The minimum atomic E-state index is -0.110. The molecule has 0 bridgehead atoms. The van der Waals surface area contributed by atoms with Crippen LogP contribution in [0.4, 0.5) is 0 Å². The van der Waals surface area contributed by atoms with E-state index in [-0.39, 0.29) is 11.9 Å². The Morgan fingerprint density at radius 1 is 1.21 bits per heavy atom. The predicted molar refractivity (Wildman–Crippen MR) is 127 cm³/mol. The Balaban J connectivity index is 1.48. The quantitative estimate of drug-likeness (QED) is 0.554. The number of halogens is 1. The van der Waals surface area contributed by atoms with Gasteiger partial charge in [-0.3, -0.25) is 4.79 Å². The normalized spacial score (nSPS) is 19.3. The summed E-state index contributed by atoms with van der Waals surface area (Å²) in [5, 5.41) is 9.07. The Labute approximate surface area is 189 Å². The van der Waals surface area contributed by atoms with Gasteiger partial charge in [-0.2, -0.15) is 5.10 Å². The van der Waals surface area contributed by atoms with Crippen LogP contribution in [0.3, 0.4) is 0 Å². The summed E-state index contributed by atoms with van der Waals surface area (Å²) in [4.78, 5) is 16.4. The Hall–Kier alpha value is -1.41. The molecule has 1 aromatic heterocycles. The maximum Gasteiger partial charge on any atom is 0.253 e. The second-order valence-electron chi connectivity index (χ2n) is 7.14. The molecule has 0 spiro atoms. The van der Waals surface area contributed by atoms with Crippen molar-refractivity contribution in [1.82, 2.24) is 9.91 Å². The lowest BCUT2D eigenvalue weighted by molar-refractivity contribution is -0.130. The molecule has 29 heavy (non-hydrogen) atoms. The number of carbonyl (C=O) groups is 1. The summed E-state index contributed by atoms with van der Waals surface area (Å²) in [6.07, 6.45) is 4.32. The van der Waals surface area contributed by atoms with Crippen molar-refractivity contribution < 1.29 is 4.79 Å². The summed E-state index contributed by atoms with van der Waals surface area (Å²) in [7, 11) is 0. The van der Waals surface area contributed by atoms with E-state index in [4.69, 9.17) is 28.9 Å². The molecule has 1 fully saturated rings. The number of hydrazone groups is 1. The van der Waals surface area contributed by atoms with Gasteiger partial charge in [0.2, 0.25) is 0 Å². The average Bonchev–Trinajstić information content (AvgIpc) is 3.43. The van der Waals surface area contributed by atoms with Gasteiger partial charge in [0.15, 0.2) is 0 Å². The number of thiophene rings is 1. The highest BCUT2D eigenvalue weighted by Gasteiger charge is 2.33. The van der Waals surface area contributed by atoms with Crippen LogP contribution in [-0.4, -0.2) is 44.7 Å². The Morgan fingerprint density at radius 2 is 1.97 bits per heavy atom. The fourth-order valence-corrected chi connectivity index (χ4v) is 5.58. The van der Waals surface area contributed by atoms with Crippen molar-refractivity contribution in [1.29, 1.82) is 0 Å². The van der Waals surface area contributed by atoms with Gasteiger partial charge in [-0.05, 0) is 48.4 Å². The van der Waals surface area contributed by atoms with Gasteiger partial charge in [-0.15, -0.1) is 11.3 Å². The zero-order valence-electron chi connectivity index (χ0n) is 15.9. The summed E-state index contributed by atoms with van der Waals surface area (Å²) in [6.45, 7) is 2.00. The molecule has 2 aromatic rings. The first kappa shape index (κ1) is 20.8. The minimum Gasteiger partial charge on any atom is -0.358 e. The molecule has 2 aliphatic heterocycles. The maximum absolute atomic E-state index is 13.1. The summed E-state index contributed by atoms with van der Waals surface area (Å²) in [5.41, 5.74) is 2.00. The van der Waals surface area contributed by atoms with Gasteiger partial charge in [-0.1, -0.05) is 53.8 Å². The standard InChI is InChI=1S/C21H22ClN3OS3/c22-16-8-6-15(7-9-16)18-13-17(19-5-4-12-28-19)23-25(18)20(26)14-29-21(27)24-10-2-1-3-11-24/h4-9,12,18H,1-3,10-11,13-14H2. The second kappa shape index (κ2) is 9.60. The maximum atomic E-state index is 13.1. The molecule has 1 saturated heterocycles. The Morgan fingerprint density at radius 3 is 2.66 bits per heavy atom. The summed E-state index contributed by atoms with van der Waals surface area (Å²) in [6, 6.07) is 11.6. The van der Waals surface area contributed by atoms with E-state index in [9.17, 15) is 4.79 Å². The van der Waals surface area contributed by atoms with Crippen molar-refractivity contribution in [2.24, 2.45) is 5.10 Å². The number of likely N-dealkylation sites (tertiary alicyclic amines) is 1. The van der Waals surface area contributed by atoms with Crippen molar-refractivity contribution in [3.05, 3.63) is 57.2 Å². The van der Waals surface area contributed by atoms with Gasteiger partial charge in [0.25, 0.3) is 5.91 Å². The third-order valence-corrected chi connectivity index (χ3v) is 7.84. The molecule has 3 heterocycles. The number of thiocarbonyl (C=S) groups is 1. The topological polar surface area (TPSA) is 35.9 Å². The van der Waals surface area contributed by atoms with E-state index in [2.05, 4.69) is 11.0 Å². The number of amides is 1. The molecule has 152 valence electrons. The zero-order valence-corrected chi connectivity index (χ0v) is 19.1. The van der Waals surface area contributed by atoms with Gasteiger partial charge in [0.05, 0.1) is 22.4 Å². The monoisotopic (exact) mass is 463 g/mol. The molecule has 8 heteroatoms. The van der Waals surface area contributed by atoms with Crippen LogP contribution in [0.25, 0.3) is 0 Å². The van der Waals surface area contributed by atoms with E-state index < -0.39 is 0 Å².